The number of halogens is 3. The molecule has 1 heterocycles. The molecule has 0 aliphatic rings. The van der Waals surface area contributed by atoms with Crippen molar-refractivity contribution in [2.24, 2.45) is 0 Å². The Balaban J connectivity index is 2.00. The molecule has 0 saturated heterocycles. The van der Waals surface area contributed by atoms with Crippen LogP contribution in [0.1, 0.15) is 16.1 Å². The Kier molecular flexibility index (Phi) is 5.26. The van der Waals surface area contributed by atoms with E-state index in [4.69, 9.17) is 0 Å². The smallest absolute Gasteiger partial charge is 0.268 e. The number of thiazole rings is 1. The van der Waals surface area contributed by atoms with Gasteiger partial charge in [-0.2, -0.15) is 13.2 Å². The van der Waals surface area contributed by atoms with Crippen LogP contribution in [-0.4, -0.2) is 24.8 Å². The summed E-state index contributed by atoms with van der Waals surface area (Å²) >= 11 is 1.24. The highest BCUT2D eigenvalue weighted by Gasteiger charge is 2.46. The average molecular weight is 426 g/mol. The maximum atomic E-state index is 13.0. The number of alkyl halides is 3. The lowest BCUT2D eigenvalue weighted by atomic mass is 10.2. The van der Waals surface area contributed by atoms with Crippen molar-refractivity contribution in [3.63, 3.8) is 0 Å². The third kappa shape index (κ3) is 3.78. The summed E-state index contributed by atoms with van der Waals surface area (Å²) in [4.78, 5) is 17.7. The summed E-state index contributed by atoms with van der Waals surface area (Å²) in [6, 6.07) is 12.3. The Morgan fingerprint density at radius 2 is 1.64 bits per heavy atom. The minimum atomic E-state index is -5.48. The van der Waals surface area contributed by atoms with E-state index in [1.807, 2.05) is 0 Å². The quantitative estimate of drug-likeness (QED) is 0.605. The van der Waals surface area contributed by atoms with Gasteiger partial charge in [-0.1, -0.05) is 18.2 Å². The Labute approximate surface area is 163 Å². The lowest BCUT2D eigenvalue weighted by Gasteiger charge is -2.20. The van der Waals surface area contributed by atoms with Gasteiger partial charge in [0.05, 0.1) is 16.3 Å². The average Bonchev–Trinajstić information content (AvgIpc) is 3.08. The minimum Gasteiger partial charge on any atom is -0.268 e. The fourth-order valence-corrected chi connectivity index (χ4v) is 3.96. The van der Waals surface area contributed by atoms with Crippen LogP contribution < -0.4 is 4.90 Å². The number of hydrogen-bond donors (Lipinski definition) is 0. The predicted octanol–water partition coefficient (Wildman–Crippen LogP) is 4.72. The van der Waals surface area contributed by atoms with Gasteiger partial charge in [0.25, 0.3) is 15.7 Å². The van der Waals surface area contributed by atoms with Crippen molar-refractivity contribution in [3.05, 3.63) is 71.2 Å². The largest absolute Gasteiger partial charge is 0.501 e. The topological polar surface area (TPSA) is 67.3 Å². The first-order valence-corrected chi connectivity index (χ1v) is 10.2. The monoisotopic (exact) mass is 426 g/mol. The molecule has 28 heavy (non-hydrogen) atoms. The maximum absolute atomic E-state index is 13.0. The van der Waals surface area contributed by atoms with E-state index in [0.717, 1.165) is 24.3 Å². The first kappa shape index (κ1) is 20.0. The molecule has 0 fully saturated rings. The first-order chi connectivity index (χ1) is 13.1. The summed E-state index contributed by atoms with van der Waals surface area (Å²) in [5, 5.41) is 2.15. The molecule has 0 aliphatic carbocycles. The van der Waals surface area contributed by atoms with Gasteiger partial charge >= 0.3 is 5.51 Å². The maximum Gasteiger partial charge on any atom is 0.501 e. The summed E-state index contributed by atoms with van der Waals surface area (Å²) in [5.74, 6) is -0.545. The zero-order chi connectivity index (χ0) is 20.5. The van der Waals surface area contributed by atoms with Gasteiger partial charge in [0, 0.05) is 10.9 Å². The lowest BCUT2D eigenvalue weighted by molar-refractivity contribution is -0.0436. The Hall–Kier alpha value is -2.72. The predicted molar refractivity (Wildman–Crippen MR) is 99.4 cm³/mol. The number of aryl methyl sites for hydroxylation is 1. The molecular weight excluding hydrogens is 413 g/mol. The molecule has 1 amide bonds. The molecule has 0 aliphatic heterocycles. The molecule has 0 N–H and O–H groups in total. The molecule has 1 aromatic heterocycles. The van der Waals surface area contributed by atoms with Gasteiger partial charge in [0.15, 0.2) is 5.13 Å². The van der Waals surface area contributed by atoms with Gasteiger partial charge in [-0.3, -0.25) is 9.69 Å². The van der Waals surface area contributed by atoms with E-state index in [1.165, 1.54) is 16.2 Å². The van der Waals surface area contributed by atoms with E-state index in [1.54, 1.807) is 42.6 Å². The van der Waals surface area contributed by atoms with Gasteiger partial charge in [-0.15, -0.1) is 11.3 Å². The highest BCUT2D eigenvalue weighted by atomic mass is 32.2. The zero-order valence-corrected chi connectivity index (χ0v) is 16.0. The van der Waals surface area contributed by atoms with Crippen LogP contribution in [0.5, 0.6) is 0 Å². The van der Waals surface area contributed by atoms with Gasteiger partial charge in [-0.25, -0.2) is 13.4 Å². The normalized spacial score (nSPS) is 12.0. The molecule has 10 heteroatoms. The third-order valence-corrected chi connectivity index (χ3v) is 6.18. The van der Waals surface area contributed by atoms with Crippen molar-refractivity contribution in [2.45, 2.75) is 17.3 Å². The van der Waals surface area contributed by atoms with Crippen LogP contribution in [0.4, 0.5) is 24.0 Å². The number of benzene rings is 2. The van der Waals surface area contributed by atoms with Crippen LogP contribution in [0.15, 0.2) is 64.9 Å². The lowest BCUT2D eigenvalue weighted by Crippen LogP contribution is -2.26. The van der Waals surface area contributed by atoms with E-state index in [0.29, 0.717) is 16.5 Å². The number of nitrogens with zero attached hydrogens (tertiary/aromatic N) is 2. The fourth-order valence-electron chi connectivity index (χ4n) is 2.38. The van der Waals surface area contributed by atoms with Gasteiger partial charge in [0.2, 0.25) is 0 Å². The molecule has 146 valence electrons. The fraction of sp³-hybridized carbons (Fsp3) is 0.111. The molecule has 0 bridgehead atoms. The summed E-state index contributed by atoms with van der Waals surface area (Å²) in [6.07, 6.45) is 0. The van der Waals surface area contributed by atoms with Crippen LogP contribution in [0, 0.1) is 6.92 Å². The molecule has 5 nitrogen and oxygen atoms in total. The van der Waals surface area contributed by atoms with Gasteiger partial charge < -0.3 is 0 Å². The van der Waals surface area contributed by atoms with Crippen LogP contribution in [0.2, 0.25) is 0 Å². The molecule has 0 spiro atoms. The summed E-state index contributed by atoms with van der Waals surface area (Å²) in [6.45, 7) is 1.77. The number of hydrogen-bond acceptors (Lipinski definition) is 5. The third-order valence-electron chi connectivity index (χ3n) is 3.73. The summed E-state index contributed by atoms with van der Waals surface area (Å²) in [7, 11) is -5.48. The van der Waals surface area contributed by atoms with E-state index in [9.17, 15) is 26.4 Å². The van der Waals surface area contributed by atoms with Crippen molar-refractivity contribution in [3.8, 4) is 0 Å². The van der Waals surface area contributed by atoms with Crippen LogP contribution in [-0.2, 0) is 9.84 Å². The summed E-state index contributed by atoms with van der Waals surface area (Å²) in [5.41, 5.74) is -4.15. The first-order valence-electron chi connectivity index (χ1n) is 7.84. The molecule has 0 saturated carbocycles. The SMILES string of the molecule is Cc1csc(N(C(=O)c2ccc(S(=O)(=O)C(F)(F)F)cc2)c2ccccc2)n1. The number of para-hydroxylation sites is 1. The second kappa shape index (κ2) is 7.36. The second-order valence-electron chi connectivity index (χ2n) is 5.72. The Morgan fingerprint density at radius 1 is 1.04 bits per heavy atom. The molecular formula is C18H13F3N2O3S2. The van der Waals surface area contributed by atoms with Crippen molar-refractivity contribution in [2.75, 3.05) is 4.90 Å². The minimum absolute atomic E-state index is 0.0258. The molecule has 0 unspecified atom stereocenters. The van der Waals surface area contributed by atoms with E-state index >= 15 is 0 Å². The number of sulfone groups is 1. The Bertz CT molecular complexity index is 1090. The van der Waals surface area contributed by atoms with Crippen molar-refractivity contribution in [1.82, 2.24) is 4.98 Å². The van der Waals surface area contributed by atoms with Crippen LogP contribution in [0.25, 0.3) is 0 Å². The molecule has 2 aromatic carbocycles. The second-order valence-corrected chi connectivity index (χ2v) is 8.50. The van der Waals surface area contributed by atoms with E-state index in [-0.39, 0.29) is 5.56 Å². The molecule has 3 rings (SSSR count). The molecule has 0 radical (unpaired) electrons. The number of aromatic nitrogens is 1. The Morgan fingerprint density at radius 3 is 2.14 bits per heavy atom. The van der Waals surface area contributed by atoms with Gasteiger partial charge in [-0.05, 0) is 43.3 Å². The molecule has 3 aromatic rings. The van der Waals surface area contributed by atoms with Gasteiger partial charge in [0.1, 0.15) is 0 Å². The van der Waals surface area contributed by atoms with E-state index in [2.05, 4.69) is 4.98 Å². The standard InChI is InChI=1S/C18H13F3N2O3S2/c1-12-11-27-17(22-12)23(14-5-3-2-4-6-14)16(24)13-7-9-15(10-8-13)28(25,26)18(19,20)21/h2-11H,1H3. The van der Waals surface area contributed by atoms with Crippen LogP contribution in [0.3, 0.4) is 0 Å². The highest BCUT2D eigenvalue weighted by molar-refractivity contribution is 7.92. The highest BCUT2D eigenvalue weighted by Crippen LogP contribution is 2.32. The van der Waals surface area contributed by atoms with Crippen LogP contribution >= 0.6 is 11.3 Å². The van der Waals surface area contributed by atoms with Crippen molar-refractivity contribution in [1.29, 1.82) is 0 Å². The number of carbonyl (C=O) groups is 1. The van der Waals surface area contributed by atoms with E-state index < -0.39 is 26.1 Å². The summed E-state index contributed by atoms with van der Waals surface area (Å²) < 4.78 is 61.0. The number of rotatable bonds is 4. The molecule has 0 atom stereocenters. The number of anilines is 2. The number of amides is 1. The van der Waals surface area contributed by atoms with Crippen molar-refractivity contribution >= 4 is 37.9 Å². The van der Waals surface area contributed by atoms with Crippen molar-refractivity contribution < 1.29 is 26.4 Å². The number of carbonyl (C=O) groups excluding carboxylic acids is 1. The zero-order valence-electron chi connectivity index (χ0n) is 14.3.